The molecule has 0 bridgehead atoms. The molecule has 0 radical (unpaired) electrons. The van der Waals surface area contributed by atoms with Gasteiger partial charge in [0, 0.05) is 57.9 Å². The number of carbonyl (C=O) groups is 1. The van der Waals surface area contributed by atoms with Crippen molar-refractivity contribution in [3.8, 4) is 0 Å². The third kappa shape index (κ3) is 6.46. The maximum Gasteiger partial charge on any atom is 0.251 e. The van der Waals surface area contributed by atoms with E-state index in [0.717, 1.165) is 48.9 Å². The van der Waals surface area contributed by atoms with Crippen molar-refractivity contribution in [3.63, 3.8) is 0 Å². The van der Waals surface area contributed by atoms with Crippen LogP contribution >= 0.6 is 11.3 Å². The molecular weight excluding hydrogens is 513 g/mol. The number of anilines is 1. The Morgan fingerprint density at radius 1 is 1.05 bits per heavy atom. The lowest BCUT2D eigenvalue weighted by molar-refractivity contribution is 0.0947. The van der Waals surface area contributed by atoms with Gasteiger partial charge < -0.3 is 10.2 Å². The number of halogens is 1. The maximum absolute atomic E-state index is 14.0. The highest BCUT2D eigenvalue weighted by Gasteiger charge is 2.24. The molecule has 200 valence electrons. The van der Waals surface area contributed by atoms with E-state index in [2.05, 4.69) is 20.1 Å². The summed E-state index contributed by atoms with van der Waals surface area (Å²) < 4.78 is 42.1. The smallest absolute Gasteiger partial charge is 0.251 e. The number of nitrogens with one attached hydrogen (secondary N) is 1. The van der Waals surface area contributed by atoms with Crippen molar-refractivity contribution in [3.05, 3.63) is 53.8 Å². The van der Waals surface area contributed by atoms with E-state index >= 15 is 0 Å². The predicted molar refractivity (Wildman–Crippen MR) is 146 cm³/mol. The van der Waals surface area contributed by atoms with Crippen LogP contribution in [0.2, 0.25) is 0 Å². The summed E-state index contributed by atoms with van der Waals surface area (Å²) in [6.45, 7) is 9.30. The fourth-order valence-corrected chi connectivity index (χ4v) is 7.06. The van der Waals surface area contributed by atoms with Gasteiger partial charge in [-0.05, 0) is 49.2 Å². The van der Waals surface area contributed by atoms with Crippen LogP contribution in [0.15, 0.2) is 47.4 Å². The first kappa shape index (κ1) is 27.4. The lowest BCUT2D eigenvalue weighted by Crippen LogP contribution is -2.48. The van der Waals surface area contributed by atoms with E-state index < -0.39 is 10.0 Å². The number of nitrogens with zero attached hydrogens (tertiary/aromatic N) is 4. The van der Waals surface area contributed by atoms with Crippen LogP contribution in [0, 0.1) is 5.82 Å². The molecule has 11 heteroatoms. The summed E-state index contributed by atoms with van der Waals surface area (Å²) in [6.07, 6.45) is 1.49. The molecule has 1 aliphatic heterocycles. The van der Waals surface area contributed by atoms with Gasteiger partial charge in [-0.1, -0.05) is 31.3 Å². The quantitative estimate of drug-likeness (QED) is 0.393. The molecule has 0 saturated carbocycles. The Morgan fingerprint density at radius 3 is 2.35 bits per heavy atom. The Balaban J connectivity index is 1.24. The summed E-state index contributed by atoms with van der Waals surface area (Å²) in [7, 11) is -3.57. The second-order valence-corrected chi connectivity index (χ2v) is 12.0. The highest BCUT2D eigenvalue weighted by molar-refractivity contribution is 7.89. The number of carbonyl (C=O) groups excluding carboxylic acids is 1. The molecular formula is C26H34FN5O3S2. The SMILES string of the molecule is CCCN(CCC)S(=O)(=O)c1ccc(C(=O)NCCN2CCN(c3nc4c(F)cccc4s3)CC2)cc1. The van der Waals surface area contributed by atoms with Crippen LogP contribution in [-0.2, 0) is 10.0 Å². The minimum absolute atomic E-state index is 0.208. The monoisotopic (exact) mass is 547 g/mol. The Hall–Kier alpha value is -2.60. The van der Waals surface area contributed by atoms with Crippen molar-refractivity contribution in [2.24, 2.45) is 0 Å². The fraction of sp³-hybridized carbons (Fsp3) is 0.462. The van der Waals surface area contributed by atoms with E-state index in [1.54, 1.807) is 18.2 Å². The zero-order valence-electron chi connectivity index (χ0n) is 21.3. The summed E-state index contributed by atoms with van der Waals surface area (Å²) in [4.78, 5) is 21.7. The third-order valence-electron chi connectivity index (χ3n) is 6.42. The Labute approximate surface area is 222 Å². The van der Waals surface area contributed by atoms with Gasteiger partial charge in [-0.3, -0.25) is 9.69 Å². The van der Waals surface area contributed by atoms with Crippen LogP contribution in [0.5, 0.6) is 0 Å². The Morgan fingerprint density at radius 2 is 1.73 bits per heavy atom. The van der Waals surface area contributed by atoms with Gasteiger partial charge in [0.1, 0.15) is 11.3 Å². The summed E-state index contributed by atoms with van der Waals surface area (Å²) in [5, 5.41) is 3.77. The summed E-state index contributed by atoms with van der Waals surface area (Å²) >= 11 is 1.51. The van der Waals surface area contributed by atoms with Gasteiger partial charge >= 0.3 is 0 Å². The maximum atomic E-state index is 14.0. The van der Waals surface area contributed by atoms with Crippen LogP contribution in [0.3, 0.4) is 0 Å². The summed E-state index contributed by atoms with van der Waals surface area (Å²) in [5.74, 6) is -0.515. The van der Waals surface area contributed by atoms with Crippen molar-refractivity contribution in [2.75, 3.05) is 57.3 Å². The van der Waals surface area contributed by atoms with E-state index in [9.17, 15) is 17.6 Å². The summed E-state index contributed by atoms with van der Waals surface area (Å²) in [6, 6.07) is 11.2. The van der Waals surface area contributed by atoms with Crippen molar-refractivity contribution in [1.29, 1.82) is 0 Å². The van der Waals surface area contributed by atoms with Gasteiger partial charge in [0.15, 0.2) is 5.13 Å². The largest absolute Gasteiger partial charge is 0.351 e. The molecule has 1 fully saturated rings. The molecule has 0 aliphatic carbocycles. The number of hydrogen-bond acceptors (Lipinski definition) is 7. The van der Waals surface area contributed by atoms with E-state index in [0.29, 0.717) is 37.3 Å². The zero-order valence-corrected chi connectivity index (χ0v) is 23.0. The van der Waals surface area contributed by atoms with Gasteiger partial charge in [-0.2, -0.15) is 4.31 Å². The molecule has 2 heterocycles. The molecule has 1 amide bonds. The van der Waals surface area contributed by atoms with Crippen LogP contribution in [0.25, 0.3) is 10.2 Å². The topological polar surface area (TPSA) is 85.8 Å². The molecule has 37 heavy (non-hydrogen) atoms. The second-order valence-electron chi connectivity index (χ2n) is 9.10. The molecule has 4 rings (SSSR count). The molecule has 1 N–H and O–H groups in total. The second kappa shape index (κ2) is 12.3. The van der Waals surface area contributed by atoms with E-state index in [4.69, 9.17) is 0 Å². The third-order valence-corrected chi connectivity index (χ3v) is 9.41. The Bertz CT molecular complexity index is 1300. The number of para-hydroxylation sites is 1. The molecule has 1 saturated heterocycles. The number of rotatable bonds is 11. The zero-order chi connectivity index (χ0) is 26.4. The first-order valence-electron chi connectivity index (χ1n) is 12.7. The number of piperazine rings is 1. The first-order valence-corrected chi connectivity index (χ1v) is 15.0. The fourth-order valence-electron chi connectivity index (χ4n) is 4.41. The van der Waals surface area contributed by atoms with Crippen molar-refractivity contribution < 1.29 is 17.6 Å². The number of aromatic nitrogens is 1. The van der Waals surface area contributed by atoms with Crippen LogP contribution in [-0.4, -0.2) is 80.9 Å². The lowest BCUT2D eigenvalue weighted by atomic mass is 10.2. The number of sulfonamides is 1. The highest BCUT2D eigenvalue weighted by Crippen LogP contribution is 2.30. The van der Waals surface area contributed by atoms with Crippen molar-refractivity contribution in [1.82, 2.24) is 19.5 Å². The van der Waals surface area contributed by atoms with E-state index in [1.165, 1.54) is 33.8 Å². The number of fused-ring (bicyclic) bond motifs is 1. The molecule has 2 aromatic carbocycles. The molecule has 0 spiro atoms. The summed E-state index contributed by atoms with van der Waals surface area (Å²) in [5.41, 5.74) is 0.863. The van der Waals surface area contributed by atoms with Crippen molar-refractivity contribution >= 4 is 42.6 Å². The average molecular weight is 548 g/mol. The van der Waals surface area contributed by atoms with Gasteiger partial charge in [0.05, 0.1) is 9.60 Å². The van der Waals surface area contributed by atoms with Crippen molar-refractivity contribution in [2.45, 2.75) is 31.6 Å². The minimum atomic E-state index is -3.57. The van der Waals surface area contributed by atoms with Crippen LogP contribution < -0.4 is 10.2 Å². The van der Waals surface area contributed by atoms with Crippen LogP contribution in [0.4, 0.5) is 9.52 Å². The number of amides is 1. The molecule has 1 aliphatic rings. The minimum Gasteiger partial charge on any atom is -0.351 e. The molecule has 1 aromatic heterocycles. The Kier molecular flexibility index (Phi) is 9.12. The first-order chi connectivity index (χ1) is 17.8. The number of thiazole rings is 1. The van der Waals surface area contributed by atoms with E-state index in [-0.39, 0.29) is 16.6 Å². The standard InChI is InChI=1S/C26H34FN5O3S2/c1-3-13-32(14-4-2)37(34,35)21-10-8-20(9-11-21)25(33)28-12-15-30-16-18-31(19-17-30)26-29-24-22(27)6-5-7-23(24)36-26/h5-11H,3-4,12-19H2,1-2H3,(H,28,33). The van der Waals surface area contributed by atoms with Crippen LogP contribution in [0.1, 0.15) is 37.0 Å². The lowest BCUT2D eigenvalue weighted by Gasteiger charge is -2.34. The van der Waals surface area contributed by atoms with Gasteiger partial charge in [-0.15, -0.1) is 0 Å². The molecule has 8 nitrogen and oxygen atoms in total. The molecule has 3 aromatic rings. The van der Waals surface area contributed by atoms with Gasteiger partial charge in [0.2, 0.25) is 10.0 Å². The average Bonchev–Trinajstić information content (AvgIpc) is 3.35. The van der Waals surface area contributed by atoms with Gasteiger partial charge in [0.25, 0.3) is 5.91 Å². The number of benzene rings is 2. The number of hydrogen-bond donors (Lipinski definition) is 1. The normalized spacial score (nSPS) is 15.0. The molecule has 0 atom stereocenters. The predicted octanol–water partition coefficient (Wildman–Crippen LogP) is 3.80. The molecule has 0 unspecified atom stereocenters. The van der Waals surface area contributed by atoms with E-state index in [1.807, 2.05) is 19.9 Å². The van der Waals surface area contributed by atoms with Gasteiger partial charge in [-0.25, -0.2) is 17.8 Å². The highest BCUT2D eigenvalue weighted by atomic mass is 32.2.